The minimum absolute atomic E-state index is 0.0611. The molecule has 3 rings (SSSR count). The molecule has 0 spiro atoms. The molecular weight excluding hydrogens is 332 g/mol. The van der Waals surface area contributed by atoms with Crippen molar-refractivity contribution in [2.45, 2.75) is 12.5 Å². The maximum Gasteiger partial charge on any atom is 0.269 e. The lowest BCUT2D eigenvalue weighted by molar-refractivity contribution is 0.0931. The van der Waals surface area contributed by atoms with Gasteiger partial charge in [0.25, 0.3) is 5.91 Å². The number of anilines is 1. The van der Waals surface area contributed by atoms with Crippen molar-refractivity contribution in [3.63, 3.8) is 0 Å². The van der Waals surface area contributed by atoms with E-state index in [1.54, 1.807) is 24.0 Å². The minimum atomic E-state index is -0.0611. The third kappa shape index (κ3) is 2.95. The summed E-state index contributed by atoms with van der Waals surface area (Å²) in [6.07, 6.45) is 2.59. The number of aryl methyl sites for hydroxylation is 1. The van der Waals surface area contributed by atoms with E-state index in [0.29, 0.717) is 5.69 Å². The quantitative estimate of drug-likeness (QED) is 0.924. The monoisotopic (exact) mass is 348 g/mol. The first-order chi connectivity index (χ1) is 10.1. The summed E-state index contributed by atoms with van der Waals surface area (Å²) in [5.41, 5.74) is 1.77. The molecule has 1 aromatic heterocycles. The Labute approximate surface area is 132 Å². The summed E-state index contributed by atoms with van der Waals surface area (Å²) in [7, 11) is 1.77. The van der Waals surface area contributed by atoms with Gasteiger partial charge >= 0.3 is 0 Å². The number of hydrogen-bond acceptors (Lipinski definition) is 3. The van der Waals surface area contributed by atoms with E-state index in [2.05, 4.69) is 37.3 Å². The molecule has 6 heteroatoms. The van der Waals surface area contributed by atoms with Crippen LogP contribution in [0.2, 0.25) is 0 Å². The highest BCUT2D eigenvalue weighted by molar-refractivity contribution is 9.10. The lowest BCUT2D eigenvalue weighted by Gasteiger charge is -2.20. The number of benzene rings is 1. The number of hydrogen-bond donors (Lipinski definition) is 1. The summed E-state index contributed by atoms with van der Waals surface area (Å²) in [6.45, 7) is 1.77. The molecule has 1 atom stereocenters. The number of rotatable bonds is 3. The molecule has 0 aliphatic carbocycles. The van der Waals surface area contributed by atoms with Crippen LogP contribution in [0.15, 0.2) is 41.0 Å². The normalized spacial score (nSPS) is 18.0. The van der Waals surface area contributed by atoms with Crippen LogP contribution in [0.1, 0.15) is 16.9 Å². The van der Waals surface area contributed by atoms with E-state index in [1.807, 2.05) is 18.2 Å². The lowest BCUT2D eigenvalue weighted by Crippen LogP contribution is -2.38. The van der Waals surface area contributed by atoms with E-state index in [-0.39, 0.29) is 11.9 Å². The first-order valence-corrected chi connectivity index (χ1v) is 7.73. The fourth-order valence-electron chi connectivity index (χ4n) is 2.66. The Kier molecular flexibility index (Phi) is 3.96. The second-order valence-corrected chi connectivity index (χ2v) is 6.05. The standard InChI is InChI=1S/C15H17BrN4O/c1-19-14(6-8-17-19)15(21)18-11-7-9-20(10-11)13-5-3-2-4-12(13)16/h2-6,8,11H,7,9-10H2,1H3,(H,18,21). The van der Waals surface area contributed by atoms with E-state index < -0.39 is 0 Å². The third-order valence-corrected chi connectivity index (χ3v) is 4.44. The highest BCUT2D eigenvalue weighted by atomic mass is 79.9. The van der Waals surface area contributed by atoms with Crippen LogP contribution in [0.5, 0.6) is 0 Å². The van der Waals surface area contributed by atoms with Gasteiger partial charge in [0.1, 0.15) is 5.69 Å². The molecule has 1 amide bonds. The van der Waals surface area contributed by atoms with E-state index >= 15 is 0 Å². The average Bonchev–Trinajstić information content (AvgIpc) is 3.08. The first kappa shape index (κ1) is 14.1. The zero-order chi connectivity index (χ0) is 14.8. The topological polar surface area (TPSA) is 50.2 Å². The molecule has 2 heterocycles. The highest BCUT2D eigenvalue weighted by Crippen LogP contribution is 2.28. The summed E-state index contributed by atoms with van der Waals surface area (Å²) in [6, 6.07) is 10.1. The van der Waals surface area contributed by atoms with Gasteiger partial charge < -0.3 is 10.2 Å². The number of nitrogens with zero attached hydrogens (tertiary/aromatic N) is 3. The third-order valence-electron chi connectivity index (χ3n) is 3.77. The van der Waals surface area contributed by atoms with Crippen molar-refractivity contribution in [2.24, 2.45) is 7.05 Å². The number of para-hydroxylation sites is 1. The van der Waals surface area contributed by atoms with Gasteiger partial charge in [-0.3, -0.25) is 9.48 Å². The van der Waals surface area contributed by atoms with Crippen LogP contribution in [0.25, 0.3) is 0 Å². The van der Waals surface area contributed by atoms with Crippen molar-refractivity contribution >= 4 is 27.5 Å². The Morgan fingerprint density at radius 1 is 1.38 bits per heavy atom. The van der Waals surface area contributed by atoms with Crippen LogP contribution in [-0.4, -0.2) is 34.8 Å². The molecule has 1 unspecified atom stereocenters. The van der Waals surface area contributed by atoms with E-state index in [1.165, 1.54) is 5.69 Å². The van der Waals surface area contributed by atoms with Gasteiger partial charge in [-0.1, -0.05) is 12.1 Å². The molecule has 110 valence electrons. The Bertz CT molecular complexity index is 655. The molecule has 5 nitrogen and oxygen atoms in total. The van der Waals surface area contributed by atoms with Crippen molar-refractivity contribution in [2.75, 3.05) is 18.0 Å². The maximum absolute atomic E-state index is 12.2. The van der Waals surface area contributed by atoms with Crippen molar-refractivity contribution in [3.8, 4) is 0 Å². The van der Waals surface area contributed by atoms with E-state index in [4.69, 9.17) is 0 Å². The zero-order valence-electron chi connectivity index (χ0n) is 11.8. The fourth-order valence-corrected chi connectivity index (χ4v) is 3.20. The number of nitrogens with one attached hydrogen (secondary N) is 1. The second-order valence-electron chi connectivity index (χ2n) is 5.20. The van der Waals surface area contributed by atoms with Gasteiger partial charge in [0.05, 0.1) is 5.69 Å². The molecule has 1 fully saturated rings. The summed E-state index contributed by atoms with van der Waals surface area (Å²) < 4.78 is 2.68. The van der Waals surface area contributed by atoms with Crippen molar-refractivity contribution in [1.29, 1.82) is 0 Å². The number of carbonyl (C=O) groups is 1. The fraction of sp³-hybridized carbons (Fsp3) is 0.333. The van der Waals surface area contributed by atoms with Gasteiger partial charge in [-0.2, -0.15) is 5.10 Å². The molecule has 0 radical (unpaired) electrons. The molecule has 21 heavy (non-hydrogen) atoms. The number of halogens is 1. The largest absolute Gasteiger partial charge is 0.368 e. The molecule has 2 aromatic rings. The van der Waals surface area contributed by atoms with Gasteiger partial charge in [-0.25, -0.2) is 0 Å². The van der Waals surface area contributed by atoms with Crippen molar-refractivity contribution in [1.82, 2.24) is 15.1 Å². The summed E-state index contributed by atoms with van der Waals surface area (Å²) in [5, 5.41) is 7.11. The van der Waals surface area contributed by atoms with Crippen LogP contribution in [-0.2, 0) is 7.05 Å². The predicted octanol–water partition coefficient (Wildman–Crippen LogP) is 2.19. The molecule has 1 saturated heterocycles. The molecule has 1 aromatic carbocycles. The number of aromatic nitrogens is 2. The van der Waals surface area contributed by atoms with Crippen LogP contribution in [0, 0.1) is 0 Å². The molecule has 0 bridgehead atoms. The highest BCUT2D eigenvalue weighted by Gasteiger charge is 2.26. The number of amides is 1. The summed E-state index contributed by atoms with van der Waals surface area (Å²) in [4.78, 5) is 14.5. The van der Waals surface area contributed by atoms with Crippen LogP contribution in [0.3, 0.4) is 0 Å². The Morgan fingerprint density at radius 2 is 2.19 bits per heavy atom. The van der Waals surface area contributed by atoms with Gasteiger partial charge in [-0.05, 0) is 40.5 Å². The van der Waals surface area contributed by atoms with Crippen LogP contribution in [0.4, 0.5) is 5.69 Å². The molecule has 1 aliphatic rings. The predicted molar refractivity (Wildman–Crippen MR) is 85.4 cm³/mol. The van der Waals surface area contributed by atoms with E-state index in [0.717, 1.165) is 24.0 Å². The Hall–Kier alpha value is -1.82. The van der Waals surface area contributed by atoms with Crippen LogP contribution < -0.4 is 10.2 Å². The smallest absolute Gasteiger partial charge is 0.269 e. The van der Waals surface area contributed by atoms with E-state index in [9.17, 15) is 4.79 Å². The Morgan fingerprint density at radius 3 is 2.90 bits per heavy atom. The molecule has 0 saturated carbocycles. The lowest BCUT2D eigenvalue weighted by atomic mass is 10.2. The van der Waals surface area contributed by atoms with Crippen molar-refractivity contribution < 1.29 is 4.79 Å². The average molecular weight is 349 g/mol. The molecule has 1 aliphatic heterocycles. The SMILES string of the molecule is Cn1nccc1C(=O)NC1CCN(c2ccccc2Br)C1. The molecular formula is C15H17BrN4O. The summed E-state index contributed by atoms with van der Waals surface area (Å²) in [5.74, 6) is -0.0611. The van der Waals surface area contributed by atoms with Crippen LogP contribution >= 0.6 is 15.9 Å². The summed E-state index contributed by atoms with van der Waals surface area (Å²) >= 11 is 3.58. The molecule has 1 N–H and O–H groups in total. The zero-order valence-corrected chi connectivity index (χ0v) is 13.4. The van der Waals surface area contributed by atoms with Gasteiger partial charge in [0.15, 0.2) is 0 Å². The first-order valence-electron chi connectivity index (χ1n) is 6.93. The van der Waals surface area contributed by atoms with Gasteiger partial charge in [-0.15, -0.1) is 0 Å². The number of carbonyl (C=O) groups excluding carboxylic acids is 1. The van der Waals surface area contributed by atoms with Gasteiger partial charge in [0.2, 0.25) is 0 Å². The second kappa shape index (κ2) is 5.89. The van der Waals surface area contributed by atoms with Gasteiger partial charge in [0, 0.05) is 36.8 Å². The van der Waals surface area contributed by atoms with Crippen molar-refractivity contribution in [3.05, 3.63) is 46.7 Å². The minimum Gasteiger partial charge on any atom is -0.368 e. The Balaban J connectivity index is 1.64. The maximum atomic E-state index is 12.2.